The zero-order valence-electron chi connectivity index (χ0n) is 13.2. The second-order valence-electron chi connectivity index (χ2n) is 6.65. The number of aliphatic hydroxyl groups excluding tert-OH is 4. The summed E-state index contributed by atoms with van der Waals surface area (Å²) >= 11 is 0. The molecule has 21 heavy (non-hydrogen) atoms. The molecule has 126 valence electrons. The van der Waals surface area contributed by atoms with Gasteiger partial charge in [0, 0.05) is 13.1 Å². The van der Waals surface area contributed by atoms with Gasteiger partial charge in [-0.1, -0.05) is 27.7 Å². The van der Waals surface area contributed by atoms with E-state index in [1.54, 1.807) is 6.92 Å². The van der Waals surface area contributed by atoms with Crippen LogP contribution in [-0.2, 0) is 4.79 Å². The van der Waals surface area contributed by atoms with Gasteiger partial charge in [-0.25, -0.2) is 0 Å². The van der Waals surface area contributed by atoms with E-state index < -0.39 is 30.4 Å². The monoisotopic (exact) mass is 307 g/mol. The molecule has 0 amide bonds. The maximum absolute atomic E-state index is 10.9. The maximum atomic E-state index is 10.9. The first-order valence-electron chi connectivity index (χ1n) is 7.14. The van der Waals surface area contributed by atoms with Gasteiger partial charge in [-0.05, 0) is 11.8 Å². The van der Waals surface area contributed by atoms with E-state index in [1.165, 1.54) is 4.90 Å². The lowest BCUT2D eigenvalue weighted by Gasteiger charge is -2.33. The predicted octanol–water partition coefficient (Wildman–Crippen LogP) is -0.727. The topological polar surface area (TPSA) is 121 Å². The second-order valence-corrected chi connectivity index (χ2v) is 6.65. The molecule has 0 bridgehead atoms. The zero-order chi connectivity index (χ0) is 16.8. The fourth-order valence-corrected chi connectivity index (χ4v) is 2.12. The third kappa shape index (κ3) is 8.33. The molecule has 0 heterocycles. The molecule has 0 saturated carbocycles. The van der Waals surface area contributed by atoms with Gasteiger partial charge in [-0.15, -0.1) is 0 Å². The van der Waals surface area contributed by atoms with Gasteiger partial charge in [0.15, 0.2) is 0 Å². The van der Waals surface area contributed by atoms with E-state index in [1.807, 2.05) is 20.8 Å². The molecule has 4 atom stereocenters. The van der Waals surface area contributed by atoms with Crippen molar-refractivity contribution in [2.75, 3.05) is 19.6 Å². The van der Waals surface area contributed by atoms with Gasteiger partial charge >= 0.3 is 5.97 Å². The summed E-state index contributed by atoms with van der Waals surface area (Å²) in [7, 11) is 0. The van der Waals surface area contributed by atoms with Gasteiger partial charge in [0.2, 0.25) is 0 Å². The summed E-state index contributed by atoms with van der Waals surface area (Å²) < 4.78 is 0. The largest absolute Gasteiger partial charge is 0.480 e. The van der Waals surface area contributed by atoms with E-state index in [0.29, 0.717) is 6.54 Å². The number of rotatable bonds is 9. The number of carboxylic acids is 1. The minimum absolute atomic E-state index is 0.0990. The first-order valence-corrected chi connectivity index (χ1v) is 7.14. The smallest absolute Gasteiger partial charge is 0.317 e. The summed E-state index contributed by atoms with van der Waals surface area (Å²) in [6.45, 7) is 7.48. The third-order valence-electron chi connectivity index (χ3n) is 3.06. The van der Waals surface area contributed by atoms with Crippen LogP contribution in [0.15, 0.2) is 0 Å². The van der Waals surface area contributed by atoms with Crippen molar-refractivity contribution < 1.29 is 30.3 Å². The summed E-state index contributed by atoms with van der Waals surface area (Å²) in [4.78, 5) is 12.4. The highest BCUT2D eigenvalue weighted by Gasteiger charge is 2.31. The molecule has 0 radical (unpaired) electrons. The van der Waals surface area contributed by atoms with Crippen LogP contribution in [0.25, 0.3) is 0 Å². The second kappa shape index (κ2) is 8.65. The lowest BCUT2D eigenvalue weighted by Crippen LogP contribution is -2.50. The highest BCUT2D eigenvalue weighted by molar-refractivity contribution is 5.69. The molecule has 7 heteroatoms. The average Bonchev–Trinajstić information content (AvgIpc) is 2.32. The van der Waals surface area contributed by atoms with Crippen molar-refractivity contribution in [3.63, 3.8) is 0 Å². The summed E-state index contributed by atoms with van der Waals surface area (Å²) in [5.74, 6) is -1.03. The van der Waals surface area contributed by atoms with Gasteiger partial charge in [-0.2, -0.15) is 0 Å². The molecule has 0 rings (SSSR count). The minimum atomic E-state index is -1.53. The minimum Gasteiger partial charge on any atom is -0.480 e. The molecule has 0 unspecified atom stereocenters. The molecule has 0 aliphatic rings. The molecule has 0 saturated heterocycles. The van der Waals surface area contributed by atoms with Gasteiger partial charge in [0.1, 0.15) is 12.2 Å². The predicted molar refractivity (Wildman–Crippen MR) is 77.8 cm³/mol. The Kier molecular flexibility index (Phi) is 8.35. The number of carbonyl (C=O) groups is 1. The molecule has 0 fully saturated rings. The molecule has 0 aromatic rings. The summed E-state index contributed by atoms with van der Waals surface area (Å²) in [5.41, 5.74) is -0.179. The lowest BCUT2D eigenvalue weighted by atomic mass is 9.95. The first kappa shape index (κ1) is 20.3. The molecular weight excluding hydrogens is 278 g/mol. The van der Waals surface area contributed by atoms with Crippen LogP contribution in [0.1, 0.15) is 34.1 Å². The Morgan fingerprint density at radius 2 is 1.52 bits per heavy atom. The lowest BCUT2D eigenvalue weighted by molar-refractivity contribution is -0.140. The Hall–Kier alpha value is -0.730. The van der Waals surface area contributed by atoms with Gasteiger partial charge in [0.25, 0.3) is 0 Å². The van der Waals surface area contributed by atoms with Crippen LogP contribution in [0.5, 0.6) is 0 Å². The standard InChI is InChI=1S/C14H29NO6/c1-5-9(16)12(20)13(21)10(17)6-15(7-11(18)19)8-14(2,3)4/h9-10,12-13,16-17,20-21H,5-8H2,1-4H3,(H,18,19)/t9-,10+,12-,13-/m0/s1. The quantitative estimate of drug-likeness (QED) is 0.381. The third-order valence-corrected chi connectivity index (χ3v) is 3.06. The Morgan fingerprint density at radius 3 is 1.90 bits per heavy atom. The van der Waals surface area contributed by atoms with Crippen molar-refractivity contribution in [3.05, 3.63) is 0 Å². The van der Waals surface area contributed by atoms with Gasteiger partial charge < -0.3 is 25.5 Å². The van der Waals surface area contributed by atoms with E-state index >= 15 is 0 Å². The van der Waals surface area contributed by atoms with Crippen molar-refractivity contribution in [1.82, 2.24) is 4.90 Å². The molecule has 0 aliphatic heterocycles. The summed E-state index contributed by atoms with van der Waals surface area (Å²) in [6, 6.07) is 0. The molecule has 0 aromatic carbocycles. The Labute approximate surface area is 125 Å². The Bertz CT molecular complexity index is 317. The van der Waals surface area contributed by atoms with Crippen molar-refractivity contribution >= 4 is 5.97 Å². The van der Waals surface area contributed by atoms with E-state index in [9.17, 15) is 25.2 Å². The van der Waals surface area contributed by atoms with Crippen LogP contribution >= 0.6 is 0 Å². The van der Waals surface area contributed by atoms with E-state index in [2.05, 4.69) is 0 Å². The van der Waals surface area contributed by atoms with E-state index in [0.717, 1.165) is 0 Å². The average molecular weight is 307 g/mol. The van der Waals surface area contributed by atoms with Crippen molar-refractivity contribution in [2.45, 2.75) is 58.5 Å². The van der Waals surface area contributed by atoms with Gasteiger partial charge in [-0.3, -0.25) is 9.69 Å². The molecule has 0 aliphatic carbocycles. The van der Waals surface area contributed by atoms with Crippen molar-refractivity contribution in [2.24, 2.45) is 5.41 Å². The number of nitrogens with zero attached hydrogens (tertiary/aromatic N) is 1. The number of aliphatic carboxylic acids is 1. The highest BCUT2D eigenvalue weighted by atomic mass is 16.4. The molecule has 5 N–H and O–H groups in total. The maximum Gasteiger partial charge on any atom is 0.317 e. The Balaban J connectivity index is 4.71. The Morgan fingerprint density at radius 1 is 1.05 bits per heavy atom. The molecule has 7 nitrogen and oxygen atoms in total. The number of hydrogen-bond acceptors (Lipinski definition) is 6. The first-order chi connectivity index (χ1) is 9.47. The van der Waals surface area contributed by atoms with Gasteiger partial charge in [0.05, 0.1) is 18.8 Å². The number of carboxylic acid groups (broad SMARTS) is 1. The van der Waals surface area contributed by atoms with Crippen LogP contribution in [0.3, 0.4) is 0 Å². The summed E-state index contributed by atoms with van der Waals surface area (Å²) in [5, 5.41) is 47.9. The van der Waals surface area contributed by atoms with E-state index in [4.69, 9.17) is 5.11 Å². The van der Waals surface area contributed by atoms with Crippen LogP contribution in [-0.4, -0.2) is 80.5 Å². The van der Waals surface area contributed by atoms with E-state index in [-0.39, 0.29) is 24.9 Å². The van der Waals surface area contributed by atoms with Crippen LogP contribution in [0, 0.1) is 5.41 Å². The fourth-order valence-electron chi connectivity index (χ4n) is 2.12. The van der Waals surface area contributed by atoms with Crippen LogP contribution < -0.4 is 0 Å². The van der Waals surface area contributed by atoms with Crippen LogP contribution in [0.2, 0.25) is 0 Å². The molecule has 0 aromatic heterocycles. The number of aliphatic hydroxyl groups is 4. The van der Waals surface area contributed by atoms with Crippen molar-refractivity contribution in [3.8, 4) is 0 Å². The summed E-state index contributed by atoms with van der Waals surface area (Å²) in [6.07, 6.45) is -5.23. The zero-order valence-corrected chi connectivity index (χ0v) is 13.2. The fraction of sp³-hybridized carbons (Fsp3) is 0.929. The molecule has 0 spiro atoms. The SMILES string of the molecule is CC[C@H](O)[C@H](O)[C@@H](O)[C@H](O)CN(CC(=O)O)CC(C)(C)C. The number of hydrogen-bond donors (Lipinski definition) is 5. The van der Waals surface area contributed by atoms with Crippen molar-refractivity contribution in [1.29, 1.82) is 0 Å². The normalized spacial score (nSPS) is 18.3. The van der Waals surface area contributed by atoms with Crippen LogP contribution in [0.4, 0.5) is 0 Å². The molecular formula is C14H29NO6. The highest BCUT2D eigenvalue weighted by Crippen LogP contribution is 2.16.